The van der Waals surface area contributed by atoms with Gasteiger partial charge in [-0.3, -0.25) is 5.10 Å². The monoisotopic (exact) mass is 259 g/mol. The lowest BCUT2D eigenvalue weighted by molar-refractivity contribution is 0.475. The van der Waals surface area contributed by atoms with Crippen molar-refractivity contribution < 1.29 is 5.11 Å². The van der Waals surface area contributed by atoms with Crippen molar-refractivity contribution in [1.82, 2.24) is 20.5 Å². The summed E-state index contributed by atoms with van der Waals surface area (Å²) in [6, 6.07) is 7.43. The highest BCUT2D eigenvalue weighted by molar-refractivity contribution is 5.58. The first-order valence-corrected chi connectivity index (χ1v) is 6.42. The molecule has 2 aromatic rings. The maximum Gasteiger partial charge on any atom is 0.245 e. The van der Waals surface area contributed by atoms with Crippen molar-refractivity contribution in [3.05, 3.63) is 24.3 Å². The fraction of sp³-hybridized carbons (Fsp3) is 0.385. The van der Waals surface area contributed by atoms with Crippen LogP contribution >= 0.6 is 0 Å². The summed E-state index contributed by atoms with van der Waals surface area (Å²) >= 11 is 0. The number of piperazine rings is 1. The Bertz CT molecular complexity index is 568. The van der Waals surface area contributed by atoms with E-state index in [0.717, 1.165) is 25.2 Å². The van der Waals surface area contributed by atoms with Gasteiger partial charge in [-0.15, -0.1) is 5.10 Å². The van der Waals surface area contributed by atoms with Crippen molar-refractivity contribution in [2.24, 2.45) is 0 Å². The minimum absolute atomic E-state index is 0.228. The first-order valence-electron chi connectivity index (χ1n) is 6.42. The number of nitrogens with one attached hydrogen (secondary N) is 2. The van der Waals surface area contributed by atoms with Crippen LogP contribution in [0.5, 0.6) is 5.75 Å². The molecule has 6 heteroatoms. The molecule has 0 aliphatic carbocycles. The molecule has 3 rings (SSSR count). The molecule has 6 nitrogen and oxygen atoms in total. The van der Waals surface area contributed by atoms with E-state index in [1.807, 2.05) is 6.07 Å². The molecule has 0 bridgehead atoms. The van der Waals surface area contributed by atoms with E-state index in [4.69, 9.17) is 0 Å². The third kappa shape index (κ3) is 2.53. The fourth-order valence-corrected chi connectivity index (χ4v) is 2.29. The van der Waals surface area contributed by atoms with Crippen molar-refractivity contribution in [3.8, 4) is 17.1 Å². The van der Waals surface area contributed by atoms with Crippen LogP contribution in [0.4, 0.5) is 5.95 Å². The summed E-state index contributed by atoms with van der Waals surface area (Å²) in [6.07, 6.45) is 0. The molecule has 1 aliphatic heterocycles. The van der Waals surface area contributed by atoms with Gasteiger partial charge in [0.2, 0.25) is 5.95 Å². The lowest BCUT2D eigenvalue weighted by atomic mass is 10.2. The summed E-state index contributed by atoms with van der Waals surface area (Å²) < 4.78 is 0. The molecule has 0 spiro atoms. The molecule has 3 N–H and O–H groups in total. The number of aromatic amines is 1. The maximum atomic E-state index is 9.48. The van der Waals surface area contributed by atoms with Gasteiger partial charge in [0.05, 0.1) is 0 Å². The SMILES string of the molecule is C[C@@H]1CN(c2n[nH]c(-c3cccc(O)c3)n2)CCN1. The number of hydrogen-bond donors (Lipinski definition) is 3. The van der Waals surface area contributed by atoms with Crippen LogP contribution in [0, 0.1) is 0 Å². The Hall–Kier alpha value is -2.08. The van der Waals surface area contributed by atoms with Gasteiger partial charge in [-0.2, -0.15) is 4.98 Å². The molecule has 2 heterocycles. The van der Waals surface area contributed by atoms with Gasteiger partial charge < -0.3 is 15.3 Å². The average molecular weight is 259 g/mol. The van der Waals surface area contributed by atoms with Crippen LogP contribution in [0.2, 0.25) is 0 Å². The Labute approximate surface area is 111 Å². The Morgan fingerprint density at radius 2 is 2.32 bits per heavy atom. The molecule has 1 aliphatic rings. The largest absolute Gasteiger partial charge is 0.508 e. The molecule has 0 saturated carbocycles. The second kappa shape index (κ2) is 4.89. The van der Waals surface area contributed by atoms with Gasteiger partial charge in [0.25, 0.3) is 0 Å². The first-order chi connectivity index (χ1) is 9.22. The summed E-state index contributed by atoms with van der Waals surface area (Å²) in [6.45, 7) is 4.89. The molecular weight excluding hydrogens is 242 g/mol. The fourth-order valence-electron chi connectivity index (χ4n) is 2.29. The summed E-state index contributed by atoms with van der Waals surface area (Å²) in [4.78, 5) is 6.66. The summed E-state index contributed by atoms with van der Waals surface area (Å²) in [7, 11) is 0. The van der Waals surface area contributed by atoms with Crippen molar-refractivity contribution in [3.63, 3.8) is 0 Å². The van der Waals surface area contributed by atoms with Gasteiger partial charge in [0, 0.05) is 31.2 Å². The molecule has 1 saturated heterocycles. The van der Waals surface area contributed by atoms with E-state index < -0.39 is 0 Å². The third-order valence-corrected chi connectivity index (χ3v) is 3.24. The number of aromatic nitrogens is 3. The van der Waals surface area contributed by atoms with Crippen LogP contribution in [0.25, 0.3) is 11.4 Å². The summed E-state index contributed by atoms with van der Waals surface area (Å²) in [5.74, 6) is 1.62. The molecule has 0 unspecified atom stereocenters. The summed E-state index contributed by atoms with van der Waals surface area (Å²) in [5.41, 5.74) is 0.835. The van der Waals surface area contributed by atoms with Gasteiger partial charge in [-0.25, -0.2) is 0 Å². The Morgan fingerprint density at radius 3 is 3.11 bits per heavy atom. The Morgan fingerprint density at radius 1 is 1.42 bits per heavy atom. The van der Waals surface area contributed by atoms with Crippen LogP contribution in [-0.4, -0.2) is 46.0 Å². The van der Waals surface area contributed by atoms with Crippen LogP contribution in [0.3, 0.4) is 0 Å². The zero-order valence-corrected chi connectivity index (χ0v) is 10.8. The topological polar surface area (TPSA) is 77.1 Å². The molecular formula is C13H17N5O. The highest BCUT2D eigenvalue weighted by Crippen LogP contribution is 2.21. The predicted molar refractivity (Wildman–Crippen MR) is 73.2 cm³/mol. The Balaban J connectivity index is 1.83. The van der Waals surface area contributed by atoms with Crippen molar-refractivity contribution >= 4 is 5.95 Å². The zero-order valence-electron chi connectivity index (χ0n) is 10.8. The molecule has 1 aromatic carbocycles. The second-order valence-corrected chi connectivity index (χ2v) is 4.84. The van der Waals surface area contributed by atoms with Gasteiger partial charge in [-0.1, -0.05) is 12.1 Å². The number of rotatable bonds is 2. The van der Waals surface area contributed by atoms with Crippen LogP contribution in [0.1, 0.15) is 6.92 Å². The molecule has 100 valence electrons. The van der Waals surface area contributed by atoms with Crippen LogP contribution < -0.4 is 10.2 Å². The van der Waals surface area contributed by atoms with E-state index in [1.165, 1.54) is 0 Å². The minimum atomic E-state index is 0.228. The van der Waals surface area contributed by atoms with E-state index in [0.29, 0.717) is 17.8 Å². The number of nitrogens with zero attached hydrogens (tertiary/aromatic N) is 3. The number of phenols is 1. The maximum absolute atomic E-state index is 9.48. The van der Waals surface area contributed by atoms with Gasteiger partial charge in [0.15, 0.2) is 5.82 Å². The van der Waals surface area contributed by atoms with E-state index in [-0.39, 0.29) is 5.75 Å². The van der Waals surface area contributed by atoms with Crippen molar-refractivity contribution in [2.75, 3.05) is 24.5 Å². The number of aromatic hydroxyl groups is 1. The lowest BCUT2D eigenvalue weighted by Gasteiger charge is -2.30. The van der Waals surface area contributed by atoms with Crippen LogP contribution in [0.15, 0.2) is 24.3 Å². The molecule has 0 amide bonds. The van der Waals surface area contributed by atoms with Crippen molar-refractivity contribution in [2.45, 2.75) is 13.0 Å². The average Bonchev–Trinajstić information content (AvgIpc) is 2.88. The van der Waals surface area contributed by atoms with E-state index in [1.54, 1.807) is 18.2 Å². The molecule has 1 aromatic heterocycles. The van der Waals surface area contributed by atoms with Crippen LogP contribution in [-0.2, 0) is 0 Å². The lowest BCUT2D eigenvalue weighted by Crippen LogP contribution is -2.49. The van der Waals surface area contributed by atoms with Gasteiger partial charge in [-0.05, 0) is 19.1 Å². The van der Waals surface area contributed by atoms with E-state index in [2.05, 4.69) is 32.3 Å². The highest BCUT2D eigenvalue weighted by Gasteiger charge is 2.19. The molecule has 19 heavy (non-hydrogen) atoms. The molecule has 1 fully saturated rings. The second-order valence-electron chi connectivity index (χ2n) is 4.84. The van der Waals surface area contributed by atoms with E-state index >= 15 is 0 Å². The number of hydrogen-bond acceptors (Lipinski definition) is 5. The standard InChI is InChI=1S/C13H17N5O/c1-9-8-18(6-5-14-9)13-15-12(16-17-13)10-3-2-4-11(19)7-10/h2-4,7,9,14,19H,5-6,8H2,1H3,(H,15,16,17)/t9-/m1/s1. The third-order valence-electron chi connectivity index (χ3n) is 3.24. The number of anilines is 1. The van der Waals surface area contributed by atoms with Gasteiger partial charge >= 0.3 is 0 Å². The predicted octanol–water partition coefficient (Wildman–Crippen LogP) is 0.975. The summed E-state index contributed by atoms with van der Waals surface area (Å²) in [5, 5.41) is 20.1. The number of phenolic OH excluding ortho intramolecular Hbond substituents is 1. The first kappa shape index (κ1) is 12.0. The minimum Gasteiger partial charge on any atom is -0.508 e. The highest BCUT2D eigenvalue weighted by atomic mass is 16.3. The quantitative estimate of drug-likeness (QED) is 0.749. The van der Waals surface area contributed by atoms with Gasteiger partial charge in [0.1, 0.15) is 5.75 Å². The molecule has 0 radical (unpaired) electrons. The van der Waals surface area contributed by atoms with E-state index in [9.17, 15) is 5.11 Å². The Kier molecular flexibility index (Phi) is 3.08. The normalized spacial score (nSPS) is 19.6. The van der Waals surface area contributed by atoms with Crippen molar-refractivity contribution in [1.29, 1.82) is 0 Å². The smallest absolute Gasteiger partial charge is 0.245 e. The number of H-pyrrole nitrogens is 1. The number of benzene rings is 1. The molecule has 1 atom stereocenters. The zero-order chi connectivity index (χ0) is 13.2.